The lowest BCUT2D eigenvalue weighted by Gasteiger charge is -2.15. The zero-order chi connectivity index (χ0) is 22.3. The smallest absolute Gasteiger partial charge is 0.258 e. The Bertz CT molecular complexity index is 1170. The molecule has 1 atom stereocenters. The standard InChI is InChI=1S/C26H23N3O3/c1-19(20-7-11-23(12-8-20)29-16-15-27-18-29)28-25(30)17-32-24-13-9-22(10-14-24)26(31)21-5-3-2-4-6-21/h2-16,18-19H,17H2,1H3,(H,28,30)/t19-/m1/s1. The molecule has 0 aliphatic heterocycles. The summed E-state index contributed by atoms with van der Waals surface area (Å²) in [6.45, 7) is 1.82. The molecule has 0 saturated carbocycles. The molecule has 0 aliphatic rings. The van der Waals surface area contributed by atoms with E-state index in [-0.39, 0.29) is 24.3 Å². The average Bonchev–Trinajstić information content (AvgIpc) is 3.38. The van der Waals surface area contributed by atoms with Gasteiger partial charge in [0.2, 0.25) is 0 Å². The molecular weight excluding hydrogens is 402 g/mol. The van der Waals surface area contributed by atoms with Crippen molar-refractivity contribution in [2.45, 2.75) is 13.0 Å². The van der Waals surface area contributed by atoms with Gasteiger partial charge in [-0.2, -0.15) is 0 Å². The molecule has 1 N–H and O–H groups in total. The monoisotopic (exact) mass is 425 g/mol. The van der Waals surface area contributed by atoms with Crippen molar-refractivity contribution < 1.29 is 14.3 Å². The van der Waals surface area contributed by atoms with Gasteiger partial charge in [-0.1, -0.05) is 42.5 Å². The summed E-state index contributed by atoms with van der Waals surface area (Å²) in [5.41, 5.74) is 3.20. The number of nitrogens with one attached hydrogen (secondary N) is 1. The number of ketones is 1. The van der Waals surface area contributed by atoms with Gasteiger partial charge in [-0.3, -0.25) is 9.59 Å². The normalized spacial score (nSPS) is 11.5. The Labute approximate surface area is 186 Å². The summed E-state index contributed by atoms with van der Waals surface area (Å²) in [6, 6.07) is 23.6. The number of rotatable bonds is 8. The molecule has 3 aromatic carbocycles. The quantitative estimate of drug-likeness (QED) is 0.426. The van der Waals surface area contributed by atoms with E-state index in [0.717, 1.165) is 11.3 Å². The summed E-state index contributed by atoms with van der Waals surface area (Å²) in [4.78, 5) is 28.8. The van der Waals surface area contributed by atoms with Gasteiger partial charge in [0.15, 0.2) is 12.4 Å². The maximum Gasteiger partial charge on any atom is 0.258 e. The first kappa shape index (κ1) is 21.1. The largest absolute Gasteiger partial charge is 0.484 e. The van der Waals surface area contributed by atoms with Crippen LogP contribution in [0, 0.1) is 0 Å². The van der Waals surface area contributed by atoms with Gasteiger partial charge < -0.3 is 14.6 Å². The fourth-order valence-corrected chi connectivity index (χ4v) is 3.32. The molecule has 0 saturated heterocycles. The second-order valence-electron chi connectivity index (χ2n) is 7.36. The van der Waals surface area contributed by atoms with Gasteiger partial charge in [-0.25, -0.2) is 4.98 Å². The van der Waals surface area contributed by atoms with Crippen molar-refractivity contribution in [3.63, 3.8) is 0 Å². The van der Waals surface area contributed by atoms with E-state index < -0.39 is 0 Å². The van der Waals surface area contributed by atoms with E-state index in [2.05, 4.69) is 10.3 Å². The summed E-state index contributed by atoms with van der Waals surface area (Å²) >= 11 is 0. The summed E-state index contributed by atoms with van der Waals surface area (Å²) in [5, 5.41) is 2.93. The maximum atomic E-state index is 12.5. The lowest BCUT2D eigenvalue weighted by atomic mass is 10.0. The fourth-order valence-electron chi connectivity index (χ4n) is 3.32. The lowest BCUT2D eigenvalue weighted by molar-refractivity contribution is -0.123. The van der Waals surface area contributed by atoms with Crippen LogP contribution in [-0.4, -0.2) is 27.8 Å². The predicted molar refractivity (Wildman–Crippen MR) is 122 cm³/mol. The van der Waals surface area contributed by atoms with Crippen LogP contribution in [0.4, 0.5) is 0 Å². The fraction of sp³-hybridized carbons (Fsp3) is 0.115. The van der Waals surface area contributed by atoms with E-state index in [1.807, 2.05) is 60.2 Å². The molecule has 0 radical (unpaired) electrons. The van der Waals surface area contributed by atoms with Crippen LogP contribution in [0.15, 0.2) is 97.6 Å². The highest BCUT2D eigenvalue weighted by atomic mass is 16.5. The van der Waals surface area contributed by atoms with Crippen LogP contribution in [0.1, 0.15) is 34.5 Å². The number of hydrogen-bond acceptors (Lipinski definition) is 4. The summed E-state index contributed by atoms with van der Waals surface area (Å²) in [5.74, 6) is 0.255. The summed E-state index contributed by atoms with van der Waals surface area (Å²) < 4.78 is 7.50. The molecule has 1 aromatic heterocycles. The van der Waals surface area contributed by atoms with E-state index in [9.17, 15) is 9.59 Å². The van der Waals surface area contributed by atoms with Crippen molar-refractivity contribution in [1.82, 2.24) is 14.9 Å². The third kappa shape index (κ3) is 5.10. The summed E-state index contributed by atoms with van der Waals surface area (Å²) in [7, 11) is 0. The van der Waals surface area contributed by atoms with Crippen molar-refractivity contribution in [1.29, 1.82) is 0 Å². The molecular formula is C26H23N3O3. The van der Waals surface area contributed by atoms with E-state index in [0.29, 0.717) is 16.9 Å². The molecule has 32 heavy (non-hydrogen) atoms. The minimum absolute atomic E-state index is 0.0530. The van der Waals surface area contributed by atoms with Gasteiger partial charge in [-0.05, 0) is 48.9 Å². The van der Waals surface area contributed by atoms with Gasteiger partial charge in [0.05, 0.1) is 12.4 Å². The average molecular weight is 425 g/mol. The van der Waals surface area contributed by atoms with Crippen molar-refractivity contribution in [3.8, 4) is 11.4 Å². The molecule has 0 aliphatic carbocycles. The third-order valence-corrected chi connectivity index (χ3v) is 5.10. The zero-order valence-electron chi connectivity index (χ0n) is 17.6. The van der Waals surface area contributed by atoms with Gasteiger partial charge in [0, 0.05) is 29.2 Å². The molecule has 0 unspecified atom stereocenters. The number of aromatic nitrogens is 2. The Morgan fingerprint density at radius 1 is 0.938 bits per heavy atom. The minimum atomic E-state index is -0.222. The number of carbonyl (C=O) groups is 2. The molecule has 0 bridgehead atoms. The van der Waals surface area contributed by atoms with E-state index >= 15 is 0 Å². The number of amides is 1. The van der Waals surface area contributed by atoms with Crippen LogP contribution in [0.2, 0.25) is 0 Å². The number of benzene rings is 3. The predicted octanol–water partition coefficient (Wildman–Crippen LogP) is 4.36. The van der Waals surface area contributed by atoms with Gasteiger partial charge in [0.1, 0.15) is 5.75 Å². The highest BCUT2D eigenvalue weighted by Crippen LogP contribution is 2.17. The molecule has 160 valence electrons. The SMILES string of the molecule is C[C@@H](NC(=O)COc1ccc(C(=O)c2ccccc2)cc1)c1ccc(-n2ccnc2)cc1. The van der Waals surface area contributed by atoms with E-state index in [1.54, 1.807) is 48.9 Å². The number of ether oxygens (including phenoxy) is 1. The number of hydrogen-bond donors (Lipinski definition) is 1. The number of carbonyl (C=O) groups excluding carboxylic acids is 2. The van der Waals surface area contributed by atoms with Crippen LogP contribution in [-0.2, 0) is 4.79 Å². The molecule has 0 spiro atoms. The van der Waals surface area contributed by atoms with E-state index in [1.165, 1.54) is 0 Å². The molecule has 1 amide bonds. The van der Waals surface area contributed by atoms with Crippen LogP contribution in [0.3, 0.4) is 0 Å². The number of imidazole rings is 1. The first-order valence-electron chi connectivity index (χ1n) is 10.3. The molecule has 4 rings (SSSR count). The Kier molecular flexibility index (Phi) is 6.41. The van der Waals surface area contributed by atoms with Crippen molar-refractivity contribution in [3.05, 3.63) is 114 Å². The third-order valence-electron chi connectivity index (χ3n) is 5.10. The van der Waals surface area contributed by atoms with Gasteiger partial charge in [-0.15, -0.1) is 0 Å². The molecule has 6 heteroatoms. The number of nitrogens with zero attached hydrogens (tertiary/aromatic N) is 2. The van der Waals surface area contributed by atoms with Crippen LogP contribution >= 0.6 is 0 Å². The highest BCUT2D eigenvalue weighted by molar-refractivity contribution is 6.08. The minimum Gasteiger partial charge on any atom is -0.484 e. The van der Waals surface area contributed by atoms with Crippen molar-refractivity contribution >= 4 is 11.7 Å². The molecule has 0 fully saturated rings. The summed E-state index contributed by atoms with van der Waals surface area (Å²) in [6.07, 6.45) is 5.34. The first-order chi connectivity index (χ1) is 15.6. The topological polar surface area (TPSA) is 73.2 Å². The molecule has 4 aromatic rings. The Hall–Kier alpha value is -4.19. The van der Waals surface area contributed by atoms with Crippen molar-refractivity contribution in [2.75, 3.05) is 6.61 Å². The maximum absolute atomic E-state index is 12.5. The lowest BCUT2D eigenvalue weighted by Crippen LogP contribution is -2.31. The highest BCUT2D eigenvalue weighted by Gasteiger charge is 2.12. The van der Waals surface area contributed by atoms with E-state index in [4.69, 9.17) is 4.74 Å². The van der Waals surface area contributed by atoms with Crippen LogP contribution in [0.25, 0.3) is 5.69 Å². The van der Waals surface area contributed by atoms with Crippen LogP contribution < -0.4 is 10.1 Å². The second kappa shape index (κ2) is 9.75. The van der Waals surface area contributed by atoms with Crippen LogP contribution in [0.5, 0.6) is 5.75 Å². The molecule has 1 heterocycles. The second-order valence-corrected chi connectivity index (χ2v) is 7.36. The van der Waals surface area contributed by atoms with Gasteiger partial charge in [0.25, 0.3) is 5.91 Å². The Morgan fingerprint density at radius 2 is 1.62 bits per heavy atom. The van der Waals surface area contributed by atoms with Gasteiger partial charge >= 0.3 is 0 Å². The Balaban J connectivity index is 1.28. The first-order valence-corrected chi connectivity index (χ1v) is 10.3. The molecule has 6 nitrogen and oxygen atoms in total. The van der Waals surface area contributed by atoms with Crippen molar-refractivity contribution in [2.24, 2.45) is 0 Å². The zero-order valence-corrected chi connectivity index (χ0v) is 17.6. The Morgan fingerprint density at radius 3 is 2.28 bits per heavy atom.